The Labute approximate surface area is 156 Å². The minimum absolute atomic E-state index is 0.0896. The fourth-order valence-electron chi connectivity index (χ4n) is 3.18. The van der Waals surface area contributed by atoms with Gasteiger partial charge >= 0.3 is 0 Å². The van der Waals surface area contributed by atoms with Crippen LogP contribution in [0.4, 0.5) is 0 Å². The van der Waals surface area contributed by atoms with Gasteiger partial charge in [-0.2, -0.15) is 0 Å². The third kappa shape index (κ3) is 5.85. The molecule has 2 amide bonds. The summed E-state index contributed by atoms with van der Waals surface area (Å²) in [6.07, 6.45) is 0. The number of furan rings is 1. The molecule has 1 fully saturated rings. The second-order valence-electron chi connectivity index (χ2n) is 6.88. The lowest BCUT2D eigenvalue weighted by Gasteiger charge is -2.35. The normalized spacial score (nSPS) is 15.8. The molecule has 1 saturated heterocycles. The zero-order chi connectivity index (χ0) is 19.1. The topological polar surface area (TPSA) is 60.2 Å². The molecule has 7 heteroatoms. The van der Waals surface area contributed by atoms with Crippen LogP contribution in [0.3, 0.4) is 0 Å². The Hall–Kier alpha value is -1.86. The molecule has 146 valence electrons. The van der Waals surface area contributed by atoms with Crippen molar-refractivity contribution in [3.63, 3.8) is 0 Å². The highest BCUT2D eigenvalue weighted by molar-refractivity contribution is 5.78. The molecule has 0 atom stereocenters. The molecule has 26 heavy (non-hydrogen) atoms. The van der Waals surface area contributed by atoms with E-state index in [9.17, 15) is 9.59 Å². The Kier molecular flexibility index (Phi) is 7.66. The summed E-state index contributed by atoms with van der Waals surface area (Å²) in [6, 6.07) is 3.82. The zero-order valence-electron chi connectivity index (χ0n) is 16.5. The van der Waals surface area contributed by atoms with Gasteiger partial charge in [-0.1, -0.05) is 0 Å². The van der Waals surface area contributed by atoms with E-state index in [2.05, 4.69) is 9.80 Å². The third-order valence-corrected chi connectivity index (χ3v) is 4.91. The Balaban J connectivity index is 1.72. The molecular formula is C19H32N4O3. The van der Waals surface area contributed by atoms with Gasteiger partial charge in [0.25, 0.3) is 0 Å². The number of aryl methyl sites for hydroxylation is 1. The van der Waals surface area contributed by atoms with Crippen LogP contribution in [0, 0.1) is 6.92 Å². The van der Waals surface area contributed by atoms with Gasteiger partial charge in [0.1, 0.15) is 11.5 Å². The summed E-state index contributed by atoms with van der Waals surface area (Å²) in [5.41, 5.74) is 0. The maximum absolute atomic E-state index is 12.4. The smallest absolute Gasteiger partial charge is 0.236 e. The minimum atomic E-state index is 0.0896. The van der Waals surface area contributed by atoms with Crippen molar-refractivity contribution in [3.05, 3.63) is 23.7 Å². The van der Waals surface area contributed by atoms with E-state index in [4.69, 9.17) is 4.42 Å². The monoisotopic (exact) mass is 364 g/mol. The molecule has 0 aromatic carbocycles. The van der Waals surface area contributed by atoms with Gasteiger partial charge in [-0.15, -0.1) is 0 Å². The molecule has 0 unspecified atom stereocenters. The van der Waals surface area contributed by atoms with Gasteiger partial charge in [0.15, 0.2) is 0 Å². The van der Waals surface area contributed by atoms with Crippen LogP contribution < -0.4 is 0 Å². The van der Waals surface area contributed by atoms with E-state index in [0.717, 1.165) is 50.8 Å². The van der Waals surface area contributed by atoms with Crippen molar-refractivity contribution in [1.29, 1.82) is 0 Å². The molecule has 2 rings (SSSR count). The number of hydrogen-bond donors (Lipinski definition) is 0. The van der Waals surface area contributed by atoms with Crippen molar-refractivity contribution < 1.29 is 14.0 Å². The lowest BCUT2D eigenvalue weighted by Crippen LogP contribution is -2.52. The summed E-state index contributed by atoms with van der Waals surface area (Å²) in [7, 11) is 1.80. The van der Waals surface area contributed by atoms with Crippen molar-refractivity contribution in [2.75, 3.05) is 59.4 Å². The lowest BCUT2D eigenvalue weighted by atomic mass is 10.3. The summed E-state index contributed by atoms with van der Waals surface area (Å²) >= 11 is 0. The number of carbonyl (C=O) groups is 2. The lowest BCUT2D eigenvalue weighted by molar-refractivity contribution is -0.134. The van der Waals surface area contributed by atoms with Crippen LogP contribution in [0.2, 0.25) is 0 Å². The van der Waals surface area contributed by atoms with E-state index in [1.807, 2.05) is 37.8 Å². The first-order chi connectivity index (χ1) is 12.4. The largest absolute Gasteiger partial charge is 0.464 e. The molecule has 1 aromatic rings. The van der Waals surface area contributed by atoms with E-state index in [1.165, 1.54) is 0 Å². The van der Waals surface area contributed by atoms with Gasteiger partial charge in [-0.05, 0) is 32.9 Å². The van der Waals surface area contributed by atoms with E-state index < -0.39 is 0 Å². The van der Waals surface area contributed by atoms with Crippen LogP contribution in [0.15, 0.2) is 16.5 Å². The molecule has 0 saturated carbocycles. The summed E-state index contributed by atoms with van der Waals surface area (Å²) in [5.74, 6) is 1.94. The molecule has 2 heterocycles. The molecule has 0 bridgehead atoms. The van der Waals surface area contributed by atoms with Crippen molar-refractivity contribution in [2.24, 2.45) is 0 Å². The number of amides is 2. The molecule has 1 aliphatic heterocycles. The van der Waals surface area contributed by atoms with Crippen LogP contribution in [0.5, 0.6) is 0 Å². The van der Waals surface area contributed by atoms with Crippen LogP contribution in [-0.4, -0.2) is 90.8 Å². The quantitative estimate of drug-likeness (QED) is 0.690. The van der Waals surface area contributed by atoms with Crippen LogP contribution in [0.1, 0.15) is 25.4 Å². The highest BCUT2D eigenvalue weighted by Gasteiger charge is 2.23. The highest BCUT2D eigenvalue weighted by Crippen LogP contribution is 2.09. The average molecular weight is 364 g/mol. The van der Waals surface area contributed by atoms with E-state index in [1.54, 1.807) is 11.9 Å². The first-order valence-corrected chi connectivity index (χ1v) is 9.44. The maximum Gasteiger partial charge on any atom is 0.236 e. The van der Waals surface area contributed by atoms with Gasteiger partial charge < -0.3 is 14.2 Å². The minimum Gasteiger partial charge on any atom is -0.464 e. The molecule has 7 nitrogen and oxygen atoms in total. The van der Waals surface area contributed by atoms with Crippen LogP contribution >= 0.6 is 0 Å². The molecule has 0 radical (unpaired) electrons. The van der Waals surface area contributed by atoms with E-state index >= 15 is 0 Å². The van der Waals surface area contributed by atoms with Gasteiger partial charge in [-0.25, -0.2) is 0 Å². The Morgan fingerprint density at radius 1 is 1.00 bits per heavy atom. The van der Waals surface area contributed by atoms with Gasteiger partial charge in [0.05, 0.1) is 19.6 Å². The number of carbonyl (C=O) groups excluding carboxylic acids is 2. The summed E-state index contributed by atoms with van der Waals surface area (Å²) in [6.45, 7) is 12.1. The number of piperazine rings is 1. The summed E-state index contributed by atoms with van der Waals surface area (Å²) < 4.78 is 5.53. The molecule has 0 spiro atoms. The number of rotatable bonds is 8. The zero-order valence-corrected chi connectivity index (χ0v) is 16.5. The van der Waals surface area contributed by atoms with Crippen LogP contribution in [0.25, 0.3) is 0 Å². The van der Waals surface area contributed by atoms with Crippen LogP contribution in [-0.2, 0) is 16.1 Å². The fraction of sp³-hybridized carbons (Fsp3) is 0.684. The van der Waals surface area contributed by atoms with E-state index in [-0.39, 0.29) is 11.8 Å². The van der Waals surface area contributed by atoms with Gasteiger partial charge in [-0.3, -0.25) is 19.4 Å². The highest BCUT2D eigenvalue weighted by atomic mass is 16.3. The predicted molar refractivity (Wildman–Crippen MR) is 101 cm³/mol. The second-order valence-corrected chi connectivity index (χ2v) is 6.88. The fourth-order valence-corrected chi connectivity index (χ4v) is 3.18. The molecule has 0 N–H and O–H groups in total. The standard InChI is InChI=1S/C19H32N4O3/c1-5-23(6-2)19(25)15-22-11-9-21(10-12-22)14-18(24)20(4)13-17-8-7-16(3)26-17/h7-8H,5-6,9-15H2,1-4H3. The molecule has 1 aromatic heterocycles. The average Bonchev–Trinajstić information content (AvgIpc) is 3.02. The number of likely N-dealkylation sites (N-methyl/N-ethyl adjacent to an activating group) is 2. The molecular weight excluding hydrogens is 332 g/mol. The Bertz CT molecular complexity index is 589. The Morgan fingerprint density at radius 2 is 1.54 bits per heavy atom. The molecule has 1 aliphatic rings. The van der Waals surface area contributed by atoms with Crippen molar-refractivity contribution >= 4 is 11.8 Å². The second kappa shape index (κ2) is 9.73. The Morgan fingerprint density at radius 3 is 2.00 bits per heavy atom. The predicted octanol–water partition coefficient (Wildman–Crippen LogP) is 1.03. The van der Waals surface area contributed by atoms with Crippen molar-refractivity contribution in [1.82, 2.24) is 19.6 Å². The third-order valence-electron chi connectivity index (χ3n) is 4.91. The van der Waals surface area contributed by atoms with Gasteiger partial charge in [0, 0.05) is 46.3 Å². The first-order valence-electron chi connectivity index (χ1n) is 9.44. The maximum atomic E-state index is 12.4. The number of hydrogen-bond acceptors (Lipinski definition) is 5. The van der Waals surface area contributed by atoms with Gasteiger partial charge in [0.2, 0.25) is 11.8 Å². The van der Waals surface area contributed by atoms with Crippen molar-refractivity contribution in [2.45, 2.75) is 27.3 Å². The SMILES string of the molecule is CCN(CC)C(=O)CN1CCN(CC(=O)N(C)Cc2ccc(C)o2)CC1. The summed E-state index contributed by atoms with van der Waals surface area (Å²) in [5, 5.41) is 0. The van der Waals surface area contributed by atoms with Crippen molar-refractivity contribution in [3.8, 4) is 0 Å². The first kappa shape index (κ1) is 20.5. The number of nitrogens with zero attached hydrogens (tertiary/aromatic N) is 4. The molecule has 0 aliphatic carbocycles. The van der Waals surface area contributed by atoms with E-state index in [0.29, 0.717) is 19.6 Å². The summed E-state index contributed by atoms with van der Waals surface area (Å²) in [4.78, 5) is 32.5.